The summed E-state index contributed by atoms with van der Waals surface area (Å²) >= 11 is 0. The van der Waals surface area contributed by atoms with E-state index < -0.39 is 0 Å². The number of aromatic nitrogens is 2. The fraction of sp³-hybridized carbons (Fsp3) is 0.154. The molecule has 0 saturated heterocycles. The van der Waals surface area contributed by atoms with Gasteiger partial charge >= 0.3 is 0 Å². The molecule has 0 bridgehead atoms. The minimum Gasteiger partial charge on any atom is -0.233 e. The van der Waals surface area contributed by atoms with Gasteiger partial charge in [-0.1, -0.05) is 18.2 Å². The van der Waals surface area contributed by atoms with Gasteiger partial charge < -0.3 is 0 Å². The zero-order valence-corrected chi connectivity index (χ0v) is 8.94. The lowest BCUT2D eigenvalue weighted by molar-refractivity contribution is -0.644. The van der Waals surface area contributed by atoms with Gasteiger partial charge in [0.15, 0.2) is 11.0 Å². The lowest BCUT2D eigenvalue weighted by Gasteiger charge is -1.97. The number of hydrogen-bond acceptors (Lipinski definition) is 0. The van der Waals surface area contributed by atoms with Crippen molar-refractivity contribution in [3.05, 3.63) is 42.7 Å². The number of imidazole rings is 1. The molecule has 3 aromatic rings. The quantitative estimate of drug-likeness (QED) is 0.488. The fourth-order valence-corrected chi connectivity index (χ4v) is 2.28. The maximum atomic E-state index is 2.18. The summed E-state index contributed by atoms with van der Waals surface area (Å²) in [6.45, 7) is 0. The number of rotatable bonds is 0. The molecule has 0 atom stereocenters. The predicted molar refractivity (Wildman–Crippen MR) is 61.6 cm³/mol. The van der Waals surface area contributed by atoms with Crippen LogP contribution in [-0.2, 0) is 14.1 Å². The Labute approximate surface area is 88.4 Å². The average Bonchev–Trinajstić information content (AvgIpc) is 2.55. The van der Waals surface area contributed by atoms with Gasteiger partial charge in [0.25, 0.3) is 0 Å². The lowest BCUT2D eigenvalue weighted by atomic mass is 10.1. The minimum atomic E-state index is 1.27. The van der Waals surface area contributed by atoms with Crippen LogP contribution in [-0.4, -0.2) is 4.57 Å². The molecular formula is C13H13N2+. The first kappa shape index (κ1) is 8.48. The minimum absolute atomic E-state index is 1.27. The van der Waals surface area contributed by atoms with E-state index in [4.69, 9.17) is 0 Å². The number of benzene rings is 2. The Balaban J connectivity index is 2.64. The average molecular weight is 197 g/mol. The van der Waals surface area contributed by atoms with Crippen molar-refractivity contribution in [3.63, 3.8) is 0 Å². The van der Waals surface area contributed by atoms with Gasteiger partial charge in [-0.05, 0) is 23.6 Å². The Morgan fingerprint density at radius 1 is 1.07 bits per heavy atom. The predicted octanol–water partition coefficient (Wildman–Crippen LogP) is 2.16. The molecule has 1 aromatic heterocycles. The highest BCUT2D eigenvalue weighted by Crippen LogP contribution is 2.22. The molecule has 0 amide bonds. The Morgan fingerprint density at radius 3 is 2.73 bits per heavy atom. The molecule has 2 aromatic carbocycles. The largest absolute Gasteiger partial charge is 0.244 e. The highest BCUT2D eigenvalue weighted by atomic mass is 15.1. The van der Waals surface area contributed by atoms with E-state index in [1.807, 2.05) is 0 Å². The van der Waals surface area contributed by atoms with Gasteiger partial charge in [-0.15, -0.1) is 0 Å². The van der Waals surface area contributed by atoms with E-state index >= 15 is 0 Å². The molecule has 0 radical (unpaired) electrons. The van der Waals surface area contributed by atoms with Gasteiger partial charge in [0, 0.05) is 5.39 Å². The van der Waals surface area contributed by atoms with Crippen LogP contribution in [0.1, 0.15) is 0 Å². The second-order valence-corrected chi connectivity index (χ2v) is 3.99. The van der Waals surface area contributed by atoms with Crippen LogP contribution in [0, 0.1) is 0 Å². The Morgan fingerprint density at radius 2 is 1.87 bits per heavy atom. The summed E-state index contributed by atoms with van der Waals surface area (Å²) in [5, 5.41) is 2.62. The van der Waals surface area contributed by atoms with Gasteiger partial charge in [-0.25, -0.2) is 9.13 Å². The van der Waals surface area contributed by atoms with Crippen LogP contribution in [0.5, 0.6) is 0 Å². The molecule has 0 aliphatic carbocycles. The van der Waals surface area contributed by atoms with E-state index in [0.29, 0.717) is 0 Å². The maximum Gasteiger partial charge on any atom is 0.244 e. The van der Waals surface area contributed by atoms with Crippen LogP contribution in [0.3, 0.4) is 0 Å². The molecule has 0 unspecified atom stereocenters. The van der Waals surface area contributed by atoms with Crippen LogP contribution in [0.2, 0.25) is 0 Å². The highest BCUT2D eigenvalue weighted by molar-refractivity contribution is 6.02. The molecule has 0 saturated carbocycles. The summed E-state index contributed by atoms with van der Waals surface area (Å²) in [6.07, 6.45) is 2.11. The van der Waals surface area contributed by atoms with Crippen molar-refractivity contribution in [3.8, 4) is 0 Å². The van der Waals surface area contributed by atoms with E-state index in [-0.39, 0.29) is 0 Å². The fourth-order valence-electron chi connectivity index (χ4n) is 2.28. The summed E-state index contributed by atoms with van der Waals surface area (Å²) in [7, 11) is 4.17. The molecule has 74 valence electrons. The van der Waals surface area contributed by atoms with Gasteiger partial charge in [0.1, 0.15) is 0 Å². The van der Waals surface area contributed by atoms with E-state index in [1.165, 1.54) is 21.8 Å². The lowest BCUT2D eigenvalue weighted by Crippen LogP contribution is -2.25. The van der Waals surface area contributed by atoms with Crippen LogP contribution in [0.25, 0.3) is 21.8 Å². The molecule has 0 fully saturated rings. The number of fused-ring (bicyclic) bond motifs is 3. The van der Waals surface area contributed by atoms with E-state index in [0.717, 1.165) is 0 Å². The Bertz CT molecular complexity index is 650. The van der Waals surface area contributed by atoms with Crippen molar-refractivity contribution < 1.29 is 4.57 Å². The van der Waals surface area contributed by atoms with Gasteiger partial charge in [0.2, 0.25) is 6.33 Å². The van der Waals surface area contributed by atoms with Crippen molar-refractivity contribution in [1.29, 1.82) is 0 Å². The third-order valence-corrected chi connectivity index (χ3v) is 2.96. The zero-order valence-electron chi connectivity index (χ0n) is 8.94. The normalized spacial score (nSPS) is 11.3. The van der Waals surface area contributed by atoms with E-state index in [1.54, 1.807) is 0 Å². The molecule has 2 nitrogen and oxygen atoms in total. The SMILES string of the molecule is Cn1c[n+](C)c2c3ccccc3ccc21. The summed E-state index contributed by atoms with van der Waals surface area (Å²) < 4.78 is 4.33. The second kappa shape index (κ2) is 2.83. The Kier molecular flexibility index (Phi) is 1.60. The number of nitrogens with zero attached hydrogens (tertiary/aromatic N) is 2. The van der Waals surface area contributed by atoms with Crippen molar-refractivity contribution in [1.82, 2.24) is 4.57 Å². The molecule has 1 heterocycles. The molecular weight excluding hydrogens is 184 g/mol. The first-order valence-electron chi connectivity index (χ1n) is 5.10. The zero-order chi connectivity index (χ0) is 10.4. The third-order valence-electron chi connectivity index (χ3n) is 2.96. The van der Waals surface area contributed by atoms with E-state index in [2.05, 4.69) is 66.0 Å². The topological polar surface area (TPSA) is 8.81 Å². The first-order chi connectivity index (χ1) is 7.27. The van der Waals surface area contributed by atoms with Gasteiger partial charge in [0.05, 0.1) is 14.1 Å². The molecule has 0 N–H and O–H groups in total. The summed E-state index contributed by atoms with van der Waals surface area (Å²) in [4.78, 5) is 0. The Hall–Kier alpha value is -1.83. The summed E-state index contributed by atoms with van der Waals surface area (Å²) in [5.74, 6) is 0. The van der Waals surface area contributed by atoms with Gasteiger partial charge in [-0.2, -0.15) is 0 Å². The molecule has 0 aliphatic heterocycles. The molecule has 0 aliphatic rings. The third kappa shape index (κ3) is 1.08. The molecule has 15 heavy (non-hydrogen) atoms. The smallest absolute Gasteiger partial charge is 0.233 e. The number of hydrogen-bond donors (Lipinski definition) is 0. The van der Waals surface area contributed by atoms with Crippen molar-refractivity contribution in [2.75, 3.05) is 0 Å². The van der Waals surface area contributed by atoms with Crippen molar-refractivity contribution in [2.45, 2.75) is 0 Å². The van der Waals surface area contributed by atoms with Crippen LogP contribution in [0.15, 0.2) is 42.7 Å². The van der Waals surface area contributed by atoms with Crippen LogP contribution < -0.4 is 4.57 Å². The van der Waals surface area contributed by atoms with E-state index in [9.17, 15) is 0 Å². The summed E-state index contributed by atoms with van der Waals surface area (Å²) in [6, 6.07) is 12.9. The first-order valence-corrected chi connectivity index (χ1v) is 5.10. The van der Waals surface area contributed by atoms with Crippen molar-refractivity contribution in [2.24, 2.45) is 14.1 Å². The number of aryl methyl sites for hydroxylation is 2. The standard InChI is InChI=1S/C13H13N2/c1-14-9-15(2)13-11-6-4-3-5-10(11)7-8-12(13)14/h3-9H,1-2H3/q+1. The van der Waals surface area contributed by atoms with Gasteiger partial charge in [-0.3, -0.25) is 0 Å². The molecule has 2 heteroatoms. The summed E-state index contributed by atoms with van der Waals surface area (Å²) in [5.41, 5.74) is 2.58. The molecule has 3 rings (SSSR count). The van der Waals surface area contributed by atoms with Crippen LogP contribution in [0.4, 0.5) is 0 Å². The van der Waals surface area contributed by atoms with Crippen molar-refractivity contribution >= 4 is 21.8 Å². The second-order valence-electron chi connectivity index (χ2n) is 3.99. The van der Waals surface area contributed by atoms with Crippen LogP contribution >= 0.6 is 0 Å². The molecule has 0 spiro atoms. The maximum absolute atomic E-state index is 2.18. The monoisotopic (exact) mass is 197 g/mol. The highest BCUT2D eigenvalue weighted by Gasteiger charge is 2.12.